The van der Waals surface area contributed by atoms with E-state index in [-0.39, 0.29) is 6.09 Å². The molecule has 4 heteroatoms. The van der Waals surface area contributed by atoms with Gasteiger partial charge in [-0.15, -0.1) is 0 Å². The summed E-state index contributed by atoms with van der Waals surface area (Å²) < 4.78 is 4.40. The number of rotatable bonds is 0. The third kappa shape index (κ3) is 3.62. The van der Waals surface area contributed by atoms with Crippen molar-refractivity contribution in [2.75, 3.05) is 13.2 Å². The van der Waals surface area contributed by atoms with Gasteiger partial charge in [-0.05, 0) is 10.8 Å². The largest absolute Gasteiger partial charge is 0.448 e. The van der Waals surface area contributed by atoms with E-state index in [1.54, 1.807) is 11.3 Å². The molecule has 1 N–H and O–H groups in total. The van der Waals surface area contributed by atoms with E-state index in [4.69, 9.17) is 0 Å². The van der Waals surface area contributed by atoms with Gasteiger partial charge in [-0.25, -0.2) is 4.79 Å². The summed E-state index contributed by atoms with van der Waals surface area (Å²) in [5.41, 5.74) is 0. The van der Waals surface area contributed by atoms with E-state index in [1.807, 2.05) is 22.9 Å². The zero-order valence-corrected chi connectivity index (χ0v) is 6.76. The fraction of sp³-hybridized carbons (Fsp3) is 0.286. The highest BCUT2D eigenvalue weighted by Crippen LogP contribution is 1.91. The van der Waals surface area contributed by atoms with E-state index in [0.717, 1.165) is 0 Å². The van der Waals surface area contributed by atoms with Crippen molar-refractivity contribution in [3.8, 4) is 0 Å². The summed E-state index contributed by atoms with van der Waals surface area (Å²) in [6.07, 6.45) is -0.296. The predicted molar refractivity (Wildman–Crippen MR) is 43.7 cm³/mol. The third-order valence-corrected chi connectivity index (χ3v) is 1.66. The lowest BCUT2D eigenvalue weighted by Gasteiger charge is -1.80. The summed E-state index contributed by atoms with van der Waals surface area (Å²) in [7, 11) is 0. The summed E-state index contributed by atoms with van der Waals surface area (Å²) >= 11 is 1.71. The van der Waals surface area contributed by atoms with Crippen LogP contribution < -0.4 is 5.32 Å². The van der Waals surface area contributed by atoms with Gasteiger partial charge in [0.2, 0.25) is 0 Å². The molecular weight excluding hydrogens is 162 g/mol. The van der Waals surface area contributed by atoms with E-state index >= 15 is 0 Å². The molecule has 0 spiro atoms. The monoisotopic (exact) mass is 171 g/mol. The van der Waals surface area contributed by atoms with E-state index < -0.39 is 0 Å². The van der Waals surface area contributed by atoms with Crippen molar-refractivity contribution in [3.63, 3.8) is 0 Å². The molecule has 1 amide bonds. The number of alkyl carbamates (subject to hydrolysis) is 1. The minimum Gasteiger partial charge on any atom is -0.448 e. The van der Waals surface area contributed by atoms with Crippen molar-refractivity contribution in [1.29, 1.82) is 0 Å². The predicted octanol–water partition coefficient (Wildman–Crippen LogP) is 1.47. The second-order valence-corrected chi connectivity index (χ2v) is 2.67. The topological polar surface area (TPSA) is 38.3 Å². The van der Waals surface area contributed by atoms with Crippen LogP contribution >= 0.6 is 11.3 Å². The molecule has 1 aromatic rings. The van der Waals surface area contributed by atoms with Gasteiger partial charge in [0.15, 0.2) is 0 Å². The Morgan fingerprint density at radius 1 is 1.45 bits per heavy atom. The first-order valence-corrected chi connectivity index (χ1v) is 4.21. The van der Waals surface area contributed by atoms with E-state index in [2.05, 4.69) is 10.1 Å². The molecule has 0 saturated carbocycles. The second kappa shape index (κ2) is 4.73. The van der Waals surface area contributed by atoms with Crippen LogP contribution in [0.5, 0.6) is 0 Å². The molecule has 60 valence electrons. The maximum atomic E-state index is 9.91. The van der Waals surface area contributed by atoms with Crippen molar-refractivity contribution in [2.45, 2.75) is 0 Å². The minimum atomic E-state index is -0.296. The first-order valence-electron chi connectivity index (χ1n) is 3.27. The molecule has 1 saturated heterocycles. The molecule has 0 bridgehead atoms. The van der Waals surface area contributed by atoms with Gasteiger partial charge in [-0.1, -0.05) is 12.1 Å². The standard InChI is InChI=1S/C4H4S.C3H5NO2/c1-2-4-5-3-1;5-3-4-1-2-6-3/h1-4H;1-2H2,(H,4,5). The molecule has 1 aromatic heterocycles. The normalized spacial score (nSPS) is 14.4. The number of thiophene rings is 1. The van der Waals surface area contributed by atoms with Crippen molar-refractivity contribution in [3.05, 3.63) is 22.9 Å². The summed E-state index contributed by atoms with van der Waals surface area (Å²) in [6.45, 7) is 1.19. The van der Waals surface area contributed by atoms with E-state index in [0.29, 0.717) is 13.2 Å². The van der Waals surface area contributed by atoms with Gasteiger partial charge in [0.25, 0.3) is 0 Å². The molecule has 1 aliphatic heterocycles. The van der Waals surface area contributed by atoms with E-state index in [1.165, 1.54) is 0 Å². The molecule has 2 rings (SSSR count). The Morgan fingerprint density at radius 3 is 2.36 bits per heavy atom. The lowest BCUT2D eigenvalue weighted by atomic mass is 10.7. The average Bonchev–Trinajstić information content (AvgIpc) is 2.57. The maximum absolute atomic E-state index is 9.91. The highest BCUT2D eigenvalue weighted by Gasteiger charge is 2.06. The van der Waals surface area contributed by atoms with Crippen molar-refractivity contribution in [2.24, 2.45) is 0 Å². The maximum Gasteiger partial charge on any atom is 0.407 e. The van der Waals surface area contributed by atoms with Gasteiger partial charge in [0.05, 0.1) is 6.54 Å². The van der Waals surface area contributed by atoms with Crippen molar-refractivity contribution >= 4 is 17.4 Å². The fourth-order valence-electron chi connectivity index (χ4n) is 0.575. The van der Waals surface area contributed by atoms with Gasteiger partial charge in [0, 0.05) is 0 Å². The SMILES string of the molecule is O=C1NCCO1.c1ccsc1. The molecule has 0 aromatic carbocycles. The lowest BCUT2D eigenvalue weighted by molar-refractivity contribution is 0.178. The number of carbonyl (C=O) groups is 1. The molecule has 3 nitrogen and oxygen atoms in total. The number of carbonyl (C=O) groups excluding carboxylic acids is 1. The van der Waals surface area contributed by atoms with Gasteiger partial charge in [-0.3, -0.25) is 0 Å². The van der Waals surface area contributed by atoms with Gasteiger partial charge in [0.1, 0.15) is 6.61 Å². The third-order valence-electron chi connectivity index (χ3n) is 1.03. The Labute approximate surface area is 69.0 Å². The van der Waals surface area contributed by atoms with Crippen LogP contribution in [0.4, 0.5) is 4.79 Å². The second-order valence-electron chi connectivity index (χ2n) is 1.86. The number of hydrogen-bond acceptors (Lipinski definition) is 3. The van der Waals surface area contributed by atoms with Crippen molar-refractivity contribution < 1.29 is 9.53 Å². The fourth-order valence-corrected chi connectivity index (χ4v) is 1.03. The van der Waals surface area contributed by atoms with Crippen molar-refractivity contribution in [1.82, 2.24) is 5.32 Å². The van der Waals surface area contributed by atoms with Crippen LogP contribution in [0, 0.1) is 0 Å². The Balaban J connectivity index is 0.000000112. The molecule has 0 radical (unpaired) electrons. The van der Waals surface area contributed by atoms with Crippen LogP contribution in [0.25, 0.3) is 0 Å². The van der Waals surface area contributed by atoms with Crippen LogP contribution in [0.15, 0.2) is 22.9 Å². The van der Waals surface area contributed by atoms with Crippen LogP contribution in [-0.2, 0) is 4.74 Å². The van der Waals surface area contributed by atoms with E-state index in [9.17, 15) is 4.79 Å². The molecule has 0 aliphatic carbocycles. The van der Waals surface area contributed by atoms with Crippen LogP contribution in [0.3, 0.4) is 0 Å². The summed E-state index contributed by atoms with van der Waals surface area (Å²) in [5, 5.41) is 6.54. The van der Waals surface area contributed by atoms with Crippen LogP contribution in [0.2, 0.25) is 0 Å². The Morgan fingerprint density at radius 2 is 2.18 bits per heavy atom. The highest BCUT2D eigenvalue weighted by molar-refractivity contribution is 7.07. The Bertz CT molecular complexity index is 173. The quantitative estimate of drug-likeness (QED) is 0.642. The molecule has 0 unspecified atom stereocenters. The first kappa shape index (κ1) is 8.07. The van der Waals surface area contributed by atoms with Crippen LogP contribution in [0.1, 0.15) is 0 Å². The average molecular weight is 171 g/mol. The summed E-state index contributed by atoms with van der Waals surface area (Å²) in [5.74, 6) is 0. The molecule has 0 atom stereocenters. The zero-order chi connectivity index (χ0) is 7.94. The van der Waals surface area contributed by atoms with Gasteiger partial charge < -0.3 is 10.1 Å². The molecule has 11 heavy (non-hydrogen) atoms. The Kier molecular flexibility index (Phi) is 3.47. The molecular formula is C7H9NO2S. The number of hydrogen-bond donors (Lipinski definition) is 1. The Hall–Kier alpha value is -1.03. The molecule has 1 fully saturated rings. The smallest absolute Gasteiger partial charge is 0.407 e. The first-order chi connectivity index (χ1) is 5.39. The van der Waals surface area contributed by atoms with Gasteiger partial charge >= 0.3 is 6.09 Å². The zero-order valence-electron chi connectivity index (χ0n) is 5.95. The summed E-state index contributed by atoms with van der Waals surface area (Å²) in [4.78, 5) is 9.91. The lowest BCUT2D eigenvalue weighted by Crippen LogP contribution is -2.11. The number of nitrogens with one attached hydrogen (secondary N) is 1. The minimum absolute atomic E-state index is 0.296. The van der Waals surface area contributed by atoms with Crippen LogP contribution in [-0.4, -0.2) is 19.2 Å². The van der Waals surface area contributed by atoms with Gasteiger partial charge in [-0.2, -0.15) is 11.3 Å². The number of cyclic esters (lactones) is 1. The number of amides is 1. The summed E-state index contributed by atoms with van der Waals surface area (Å²) in [6, 6.07) is 4.04. The number of ether oxygens (including phenoxy) is 1. The molecule has 1 aliphatic rings. The molecule has 2 heterocycles. The highest BCUT2D eigenvalue weighted by atomic mass is 32.1.